The van der Waals surface area contributed by atoms with Crippen molar-refractivity contribution in [1.29, 1.82) is 0 Å². The van der Waals surface area contributed by atoms with Crippen LogP contribution in [0, 0.1) is 0 Å². The molecule has 3 fully saturated rings. The van der Waals surface area contributed by atoms with E-state index in [0.29, 0.717) is 72.7 Å². The summed E-state index contributed by atoms with van der Waals surface area (Å²) in [6, 6.07) is 10.8. The van der Waals surface area contributed by atoms with Crippen LogP contribution < -0.4 is 16.4 Å². The number of para-hydroxylation sites is 1. The van der Waals surface area contributed by atoms with Crippen LogP contribution in [0.15, 0.2) is 45.3 Å². The van der Waals surface area contributed by atoms with E-state index < -0.39 is 12.0 Å². The van der Waals surface area contributed by atoms with Crippen LogP contribution in [0.25, 0.3) is 0 Å². The van der Waals surface area contributed by atoms with Crippen molar-refractivity contribution in [3.8, 4) is 0 Å². The number of benzene rings is 2. The number of hydrogen-bond donors (Lipinski definition) is 4. The van der Waals surface area contributed by atoms with Gasteiger partial charge in [-0.2, -0.15) is 0 Å². The van der Waals surface area contributed by atoms with Gasteiger partial charge in [0.2, 0.25) is 5.91 Å². The summed E-state index contributed by atoms with van der Waals surface area (Å²) in [6.45, 7) is 5.83. The molecule has 1 atom stereocenters. The van der Waals surface area contributed by atoms with E-state index in [-0.39, 0.29) is 30.6 Å². The summed E-state index contributed by atoms with van der Waals surface area (Å²) in [5, 5.41) is 15.2. The third-order valence-electron chi connectivity index (χ3n) is 10.3. The number of fused-ring (bicyclic) bond motifs is 1. The van der Waals surface area contributed by atoms with Gasteiger partial charge >= 0.3 is 18.0 Å². The van der Waals surface area contributed by atoms with E-state index in [4.69, 9.17) is 10.8 Å². The number of piperidine rings is 2. The quantitative estimate of drug-likeness (QED) is 0.296. The van der Waals surface area contributed by atoms with Gasteiger partial charge in [-0.15, -0.1) is 0 Å². The number of hydrogen-bond acceptors (Lipinski definition) is 7. The first kappa shape index (κ1) is 35.4. The largest absolute Gasteiger partial charge is 0.480 e. The Labute approximate surface area is 303 Å². The average Bonchev–Trinajstić information content (AvgIpc) is 3.10. The maximum absolute atomic E-state index is 14.1. The number of carbonyl (C=O) groups excluding carboxylic acids is 3. The van der Waals surface area contributed by atoms with Crippen LogP contribution in [0.2, 0.25) is 0 Å². The van der Waals surface area contributed by atoms with Crippen molar-refractivity contribution < 1.29 is 24.3 Å². The summed E-state index contributed by atoms with van der Waals surface area (Å²) in [6.07, 6.45) is 3.26. The number of aliphatic carboxylic acids is 1. The number of halogens is 2. The van der Waals surface area contributed by atoms with E-state index in [1.54, 1.807) is 4.90 Å². The Morgan fingerprint density at radius 1 is 0.898 bits per heavy atom. The molecule has 0 aromatic heterocycles. The lowest BCUT2D eigenvalue weighted by atomic mass is 9.99. The van der Waals surface area contributed by atoms with E-state index in [9.17, 15) is 19.2 Å². The predicted molar refractivity (Wildman–Crippen MR) is 193 cm³/mol. The third-order valence-corrected chi connectivity index (χ3v) is 11.6. The molecule has 4 aliphatic heterocycles. The molecule has 0 bridgehead atoms. The van der Waals surface area contributed by atoms with Gasteiger partial charge in [-0.25, -0.2) is 9.59 Å². The number of urea groups is 2. The number of carboxylic acid groups (broad SMARTS) is 1. The van der Waals surface area contributed by atoms with Gasteiger partial charge in [-0.1, -0.05) is 18.2 Å². The molecule has 0 saturated carbocycles. The predicted octanol–water partition coefficient (Wildman–Crippen LogP) is 3.62. The average molecular weight is 805 g/mol. The molecule has 264 valence electrons. The van der Waals surface area contributed by atoms with Crippen LogP contribution in [-0.2, 0) is 22.6 Å². The topological polar surface area (TPSA) is 155 Å². The fourth-order valence-electron chi connectivity index (χ4n) is 7.48. The number of likely N-dealkylation sites (tertiary alicyclic amines) is 2. The van der Waals surface area contributed by atoms with Crippen molar-refractivity contribution in [1.82, 2.24) is 29.8 Å². The molecule has 0 unspecified atom stereocenters. The first-order chi connectivity index (χ1) is 23.5. The summed E-state index contributed by atoms with van der Waals surface area (Å²) < 4.78 is 1.43. The number of nitrogens with two attached hydrogens (primary N) is 1. The fraction of sp³-hybridized carbons (Fsp3) is 0.529. The molecule has 5 N–H and O–H groups in total. The number of nitrogens with one attached hydrogen (secondary N) is 2. The molecule has 4 aliphatic rings. The SMILES string of the molecule is Nc1c(Br)cc(C[C@@H](NC(=O)N2CCC(N3Cc4ccccc4NC3=O)CC2)C(=O)N2CCC(N3CCN(CC(=O)O)CC3)CC2)cc1Br. The highest BCUT2D eigenvalue weighted by Gasteiger charge is 2.36. The lowest BCUT2D eigenvalue weighted by Gasteiger charge is -2.43. The normalized spacial score (nSPS) is 20.4. The Balaban J connectivity index is 1.07. The second-order valence-electron chi connectivity index (χ2n) is 13.4. The molecule has 0 radical (unpaired) electrons. The molecule has 15 heteroatoms. The van der Waals surface area contributed by atoms with E-state index in [0.717, 1.165) is 55.8 Å². The van der Waals surface area contributed by atoms with Gasteiger partial charge in [0.15, 0.2) is 0 Å². The van der Waals surface area contributed by atoms with Crippen LogP contribution in [0.5, 0.6) is 0 Å². The molecule has 4 heterocycles. The number of nitrogens with zero attached hydrogens (tertiary/aromatic N) is 5. The molecule has 2 aromatic rings. The van der Waals surface area contributed by atoms with Crippen LogP contribution in [0.3, 0.4) is 0 Å². The fourth-order valence-corrected chi connectivity index (χ4v) is 8.76. The van der Waals surface area contributed by atoms with Gasteiger partial charge in [0.05, 0.1) is 12.2 Å². The molecule has 3 saturated heterocycles. The minimum Gasteiger partial charge on any atom is -0.480 e. The van der Waals surface area contributed by atoms with Gasteiger partial charge < -0.3 is 36.2 Å². The second-order valence-corrected chi connectivity index (χ2v) is 15.1. The number of piperazine rings is 1. The maximum Gasteiger partial charge on any atom is 0.322 e. The highest BCUT2D eigenvalue weighted by atomic mass is 79.9. The zero-order valence-corrected chi connectivity index (χ0v) is 30.6. The molecule has 13 nitrogen and oxygen atoms in total. The van der Waals surface area contributed by atoms with E-state index in [1.807, 2.05) is 51.1 Å². The van der Waals surface area contributed by atoms with Crippen molar-refractivity contribution in [3.63, 3.8) is 0 Å². The molecule has 5 amide bonds. The van der Waals surface area contributed by atoms with Crippen molar-refractivity contribution >= 4 is 67.2 Å². The Bertz CT molecular complexity index is 1530. The Hall–Kier alpha value is -3.40. The lowest BCUT2D eigenvalue weighted by molar-refractivity contribution is -0.138. The van der Waals surface area contributed by atoms with E-state index in [2.05, 4.69) is 47.4 Å². The number of carbonyl (C=O) groups is 4. The highest BCUT2D eigenvalue weighted by Crippen LogP contribution is 2.31. The molecule has 49 heavy (non-hydrogen) atoms. The number of anilines is 2. The van der Waals surface area contributed by atoms with E-state index in [1.165, 1.54) is 0 Å². The summed E-state index contributed by atoms with van der Waals surface area (Å²) in [4.78, 5) is 61.6. The monoisotopic (exact) mass is 802 g/mol. The first-order valence-electron chi connectivity index (χ1n) is 17.0. The molecular formula is C34H44Br2N8O5. The first-order valence-corrected chi connectivity index (χ1v) is 18.6. The third kappa shape index (κ3) is 8.50. The number of nitrogen functional groups attached to an aromatic ring is 1. The minimum absolute atomic E-state index is 0.0146. The van der Waals surface area contributed by atoms with Crippen molar-refractivity contribution in [3.05, 3.63) is 56.5 Å². The van der Waals surface area contributed by atoms with Crippen LogP contribution in [-0.4, -0.2) is 131 Å². The second kappa shape index (κ2) is 15.7. The number of rotatable bonds is 8. The van der Waals surface area contributed by atoms with Crippen LogP contribution >= 0.6 is 31.9 Å². The number of carboxylic acids is 1. The van der Waals surface area contributed by atoms with Crippen LogP contribution in [0.1, 0.15) is 36.8 Å². The van der Waals surface area contributed by atoms with Gasteiger partial charge in [0.1, 0.15) is 6.04 Å². The van der Waals surface area contributed by atoms with Gasteiger partial charge in [0, 0.05) is 92.0 Å². The Kier molecular flexibility index (Phi) is 11.3. The summed E-state index contributed by atoms with van der Waals surface area (Å²) >= 11 is 7.02. The van der Waals surface area contributed by atoms with Crippen molar-refractivity contribution in [2.24, 2.45) is 0 Å². The zero-order valence-electron chi connectivity index (χ0n) is 27.5. The molecule has 0 spiro atoms. The number of amides is 5. The van der Waals surface area contributed by atoms with Crippen molar-refractivity contribution in [2.75, 3.05) is 70.0 Å². The van der Waals surface area contributed by atoms with Crippen LogP contribution in [0.4, 0.5) is 21.0 Å². The molecule has 0 aliphatic carbocycles. The van der Waals surface area contributed by atoms with E-state index >= 15 is 0 Å². The Morgan fingerprint density at radius 3 is 2.16 bits per heavy atom. The maximum atomic E-state index is 14.1. The lowest BCUT2D eigenvalue weighted by Crippen LogP contribution is -2.58. The van der Waals surface area contributed by atoms with Gasteiger partial charge in [-0.3, -0.25) is 19.4 Å². The van der Waals surface area contributed by atoms with Gasteiger partial charge in [0.25, 0.3) is 0 Å². The van der Waals surface area contributed by atoms with Crippen molar-refractivity contribution in [2.45, 2.75) is 56.8 Å². The standard InChI is InChI=1S/C34H44Br2N8O5/c35-26-17-22(18-27(36)31(26)37)19-29(32(47)42-9-5-24(6-10-42)41-15-13-40(14-16-41)21-30(45)46)39-33(48)43-11-7-25(8-12-43)44-20-23-3-1-2-4-28(23)38-34(44)49/h1-4,17-18,24-25,29H,5-16,19-21,37H2,(H,38,49)(H,39,48)(H,45,46)/t29-/m1/s1. The highest BCUT2D eigenvalue weighted by molar-refractivity contribution is 9.11. The summed E-state index contributed by atoms with van der Waals surface area (Å²) in [7, 11) is 0. The summed E-state index contributed by atoms with van der Waals surface area (Å²) in [5.74, 6) is -0.913. The zero-order chi connectivity index (χ0) is 34.7. The Morgan fingerprint density at radius 2 is 1.51 bits per heavy atom. The van der Waals surface area contributed by atoms with Gasteiger partial charge in [-0.05, 0) is 86.9 Å². The smallest absolute Gasteiger partial charge is 0.322 e. The minimum atomic E-state index is -0.803. The summed E-state index contributed by atoms with van der Waals surface area (Å²) in [5.41, 5.74) is 9.47. The molecule has 6 rings (SSSR count). The molecule has 2 aromatic carbocycles. The molecular weight excluding hydrogens is 760 g/mol.